The molecule has 2 amide bonds. The molecule has 0 heterocycles. The molecule has 0 aromatic heterocycles. The summed E-state index contributed by atoms with van der Waals surface area (Å²) in [7, 11) is 0. The van der Waals surface area contributed by atoms with Gasteiger partial charge in [0.1, 0.15) is 6.04 Å². The van der Waals surface area contributed by atoms with E-state index >= 15 is 0 Å². The van der Waals surface area contributed by atoms with Crippen LogP contribution < -0.4 is 5.32 Å². The molecular weight excluding hydrogens is 416 g/mol. The molecule has 0 aliphatic heterocycles. The third-order valence-electron chi connectivity index (χ3n) is 4.85. The van der Waals surface area contributed by atoms with Crippen molar-refractivity contribution in [2.75, 3.05) is 12.3 Å². The van der Waals surface area contributed by atoms with Crippen molar-refractivity contribution < 1.29 is 9.59 Å². The zero-order valence-electron chi connectivity index (χ0n) is 18.0. The highest BCUT2D eigenvalue weighted by molar-refractivity contribution is 7.99. The Balaban J connectivity index is 2.11. The Morgan fingerprint density at radius 3 is 2.43 bits per heavy atom. The lowest BCUT2D eigenvalue weighted by molar-refractivity contribution is -0.139. The highest BCUT2D eigenvalue weighted by Gasteiger charge is 2.28. The lowest BCUT2D eigenvalue weighted by atomic mass is 10.1. The first-order chi connectivity index (χ1) is 14.5. The van der Waals surface area contributed by atoms with Gasteiger partial charge in [0.05, 0.1) is 5.75 Å². The van der Waals surface area contributed by atoms with E-state index in [0.717, 1.165) is 17.7 Å². The fourth-order valence-electron chi connectivity index (χ4n) is 3.12. The predicted octanol–water partition coefficient (Wildman–Crippen LogP) is 5.22. The zero-order valence-corrected chi connectivity index (χ0v) is 19.6. The van der Waals surface area contributed by atoms with E-state index in [0.29, 0.717) is 30.3 Å². The average Bonchev–Trinajstić information content (AvgIpc) is 2.74. The van der Waals surface area contributed by atoms with Crippen molar-refractivity contribution in [3.8, 4) is 0 Å². The van der Waals surface area contributed by atoms with Gasteiger partial charge in [0.2, 0.25) is 11.8 Å². The monoisotopic (exact) mass is 446 g/mol. The van der Waals surface area contributed by atoms with E-state index in [2.05, 4.69) is 36.5 Å². The molecule has 1 N–H and O–H groups in total. The van der Waals surface area contributed by atoms with Gasteiger partial charge in [-0.15, -0.1) is 11.8 Å². The summed E-state index contributed by atoms with van der Waals surface area (Å²) in [5.41, 5.74) is 3.25. The quantitative estimate of drug-likeness (QED) is 0.515. The van der Waals surface area contributed by atoms with Crippen LogP contribution in [0.5, 0.6) is 0 Å². The topological polar surface area (TPSA) is 49.4 Å². The van der Waals surface area contributed by atoms with Crippen LogP contribution >= 0.6 is 23.4 Å². The molecule has 2 aromatic rings. The number of benzene rings is 2. The highest BCUT2D eigenvalue weighted by atomic mass is 35.5. The Hall–Kier alpha value is -1.98. The number of thioether (sulfide) groups is 1. The second kappa shape index (κ2) is 12.7. The molecule has 0 spiro atoms. The molecule has 0 aliphatic rings. The number of hydrogen-bond donors (Lipinski definition) is 1. The van der Waals surface area contributed by atoms with Gasteiger partial charge < -0.3 is 10.2 Å². The average molecular weight is 447 g/mol. The Bertz CT molecular complexity index is 826. The first kappa shape index (κ1) is 24.3. The van der Waals surface area contributed by atoms with Crippen LogP contribution in [0.4, 0.5) is 0 Å². The maximum Gasteiger partial charge on any atom is 0.242 e. The van der Waals surface area contributed by atoms with E-state index in [1.165, 1.54) is 11.1 Å². The predicted molar refractivity (Wildman–Crippen MR) is 127 cm³/mol. The molecule has 2 rings (SSSR count). The number of carbonyl (C=O) groups is 2. The van der Waals surface area contributed by atoms with Gasteiger partial charge in [-0.1, -0.05) is 73.5 Å². The first-order valence-electron chi connectivity index (χ1n) is 10.4. The second-order valence-corrected chi connectivity index (χ2v) is 8.70. The number of nitrogens with zero attached hydrogens (tertiary/aromatic N) is 1. The molecule has 1 atom stereocenters. The standard InChI is InChI=1S/C24H31ClN2O2S/c1-4-14-26-24(29)22(5-2)27(15-20-8-6-7-9-21(20)25)23(28)17-30-16-19-12-10-18(3)11-13-19/h6-13,22H,4-5,14-17H2,1-3H3,(H,26,29). The van der Waals surface area contributed by atoms with Gasteiger partial charge in [0.25, 0.3) is 0 Å². The van der Waals surface area contributed by atoms with E-state index in [9.17, 15) is 9.59 Å². The number of nitrogens with one attached hydrogen (secondary N) is 1. The van der Waals surface area contributed by atoms with Crippen LogP contribution in [0.15, 0.2) is 48.5 Å². The van der Waals surface area contributed by atoms with Gasteiger partial charge in [-0.2, -0.15) is 0 Å². The summed E-state index contributed by atoms with van der Waals surface area (Å²) < 4.78 is 0. The molecule has 0 saturated heterocycles. The zero-order chi connectivity index (χ0) is 21.9. The lowest BCUT2D eigenvalue weighted by Gasteiger charge is -2.31. The Morgan fingerprint density at radius 2 is 1.80 bits per heavy atom. The summed E-state index contributed by atoms with van der Waals surface area (Å²) >= 11 is 7.90. The first-order valence-corrected chi connectivity index (χ1v) is 11.9. The number of carbonyl (C=O) groups excluding carboxylic acids is 2. The van der Waals surface area contributed by atoms with Crippen LogP contribution in [0, 0.1) is 6.92 Å². The molecule has 30 heavy (non-hydrogen) atoms. The minimum Gasteiger partial charge on any atom is -0.354 e. The third-order valence-corrected chi connectivity index (χ3v) is 6.21. The molecule has 6 heteroatoms. The van der Waals surface area contributed by atoms with Crippen LogP contribution in [0.1, 0.15) is 43.4 Å². The lowest BCUT2D eigenvalue weighted by Crippen LogP contribution is -2.49. The maximum atomic E-state index is 13.2. The molecule has 162 valence electrons. The van der Waals surface area contributed by atoms with Crippen LogP contribution in [-0.4, -0.2) is 35.1 Å². The molecule has 4 nitrogen and oxygen atoms in total. The van der Waals surface area contributed by atoms with Crippen LogP contribution in [0.2, 0.25) is 5.02 Å². The third kappa shape index (κ3) is 7.37. The minimum absolute atomic E-state index is 0.0504. The molecule has 0 saturated carbocycles. The van der Waals surface area contributed by atoms with Gasteiger partial charge in [0.15, 0.2) is 0 Å². The van der Waals surface area contributed by atoms with Gasteiger partial charge in [0, 0.05) is 23.9 Å². The van der Waals surface area contributed by atoms with Crippen molar-refractivity contribution in [3.05, 3.63) is 70.2 Å². The molecule has 2 aromatic carbocycles. The van der Waals surface area contributed by atoms with E-state index in [1.807, 2.05) is 38.1 Å². The summed E-state index contributed by atoms with van der Waals surface area (Å²) in [6.45, 7) is 6.92. The smallest absolute Gasteiger partial charge is 0.242 e. The van der Waals surface area contributed by atoms with Crippen LogP contribution in [0.3, 0.4) is 0 Å². The molecule has 0 fully saturated rings. The largest absolute Gasteiger partial charge is 0.354 e. The molecular formula is C24H31ClN2O2S. The normalized spacial score (nSPS) is 11.7. The maximum absolute atomic E-state index is 13.2. The minimum atomic E-state index is -0.514. The highest BCUT2D eigenvalue weighted by Crippen LogP contribution is 2.21. The fraction of sp³-hybridized carbons (Fsp3) is 0.417. The van der Waals surface area contributed by atoms with Crippen molar-refractivity contribution in [1.29, 1.82) is 0 Å². The van der Waals surface area contributed by atoms with Crippen LogP contribution in [0.25, 0.3) is 0 Å². The van der Waals surface area contributed by atoms with Gasteiger partial charge in [-0.25, -0.2) is 0 Å². The van der Waals surface area contributed by atoms with E-state index < -0.39 is 6.04 Å². The molecule has 0 aliphatic carbocycles. The summed E-state index contributed by atoms with van der Waals surface area (Å²) in [6, 6.07) is 15.3. The number of aryl methyl sites for hydroxylation is 1. The Labute approximate surface area is 189 Å². The van der Waals surface area contributed by atoms with Crippen molar-refractivity contribution >= 4 is 35.2 Å². The molecule has 1 unspecified atom stereocenters. The fourth-order valence-corrected chi connectivity index (χ4v) is 4.19. The summed E-state index contributed by atoms with van der Waals surface area (Å²) in [6.07, 6.45) is 1.40. The van der Waals surface area contributed by atoms with Gasteiger partial charge >= 0.3 is 0 Å². The molecule has 0 radical (unpaired) electrons. The van der Waals surface area contributed by atoms with E-state index in [1.54, 1.807) is 16.7 Å². The summed E-state index contributed by atoms with van der Waals surface area (Å²) in [4.78, 5) is 27.6. The van der Waals surface area contributed by atoms with E-state index in [4.69, 9.17) is 11.6 Å². The SMILES string of the molecule is CCCNC(=O)C(CC)N(Cc1ccccc1Cl)C(=O)CSCc1ccc(C)cc1. The summed E-state index contributed by atoms with van der Waals surface area (Å²) in [5.74, 6) is 0.912. The van der Waals surface area contributed by atoms with E-state index in [-0.39, 0.29) is 11.8 Å². The van der Waals surface area contributed by atoms with Crippen molar-refractivity contribution in [1.82, 2.24) is 10.2 Å². The molecule has 0 bridgehead atoms. The van der Waals surface area contributed by atoms with Crippen molar-refractivity contribution in [3.63, 3.8) is 0 Å². The Morgan fingerprint density at radius 1 is 1.10 bits per heavy atom. The van der Waals surface area contributed by atoms with Crippen LogP contribution in [-0.2, 0) is 21.9 Å². The van der Waals surface area contributed by atoms with Crippen molar-refractivity contribution in [2.24, 2.45) is 0 Å². The number of rotatable bonds is 11. The van der Waals surface area contributed by atoms with Crippen molar-refractivity contribution in [2.45, 2.75) is 52.0 Å². The van der Waals surface area contributed by atoms with Gasteiger partial charge in [-0.05, 0) is 37.0 Å². The van der Waals surface area contributed by atoms with Gasteiger partial charge in [-0.3, -0.25) is 9.59 Å². The second-order valence-electron chi connectivity index (χ2n) is 7.31. The number of halogens is 1. The number of hydrogen-bond acceptors (Lipinski definition) is 3. The Kier molecular flexibility index (Phi) is 10.2. The summed E-state index contributed by atoms with van der Waals surface area (Å²) in [5, 5.41) is 3.54. The number of amides is 2.